The van der Waals surface area contributed by atoms with Crippen molar-refractivity contribution in [1.29, 1.82) is 0 Å². The Bertz CT molecular complexity index is 691. The molecule has 0 amide bonds. The van der Waals surface area contributed by atoms with E-state index in [2.05, 4.69) is 22.0 Å². The predicted molar refractivity (Wildman–Crippen MR) is 89.0 cm³/mol. The molecule has 23 heavy (non-hydrogen) atoms. The van der Waals surface area contributed by atoms with Gasteiger partial charge in [0.05, 0.1) is 0 Å². The maximum Gasteiger partial charge on any atom is 0.149 e. The van der Waals surface area contributed by atoms with Crippen LogP contribution in [0.2, 0.25) is 0 Å². The van der Waals surface area contributed by atoms with Crippen molar-refractivity contribution < 1.29 is 9.13 Å². The number of nitrogens with zero attached hydrogens (tertiary/aromatic N) is 2. The molecule has 1 aromatic heterocycles. The van der Waals surface area contributed by atoms with Gasteiger partial charge in [0.1, 0.15) is 11.3 Å². The van der Waals surface area contributed by atoms with E-state index >= 15 is 0 Å². The predicted octanol–water partition coefficient (Wildman–Crippen LogP) is 3.86. The summed E-state index contributed by atoms with van der Waals surface area (Å²) in [5.41, 5.74) is 2.57. The molecule has 4 rings (SSSR count). The molecule has 0 spiro atoms. The van der Waals surface area contributed by atoms with Crippen LogP contribution in [0.15, 0.2) is 24.3 Å². The van der Waals surface area contributed by atoms with Crippen molar-refractivity contribution in [2.75, 3.05) is 26.3 Å². The number of rotatable bonds is 3. The average Bonchev–Trinajstić information content (AvgIpc) is 3.08. The Hall–Kier alpha value is -1.52. The monoisotopic (exact) mass is 314 g/mol. The third-order valence-electron chi connectivity index (χ3n) is 5.07. The molecular formula is C19H23FN2O. The summed E-state index contributed by atoms with van der Waals surface area (Å²) >= 11 is 0. The summed E-state index contributed by atoms with van der Waals surface area (Å²) in [7, 11) is 0. The lowest BCUT2D eigenvalue weighted by atomic mass is 9.95. The molecular weight excluding hydrogens is 291 g/mol. The van der Waals surface area contributed by atoms with Gasteiger partial charge in [0.25, 0.3) is 0 Å². The molecule has 2 aliphatic heterocycles. The van der Waals surface area contributed by atoms with Crippen LogP contribution in [0, 0.1) is 5.82 Å². The lowest BCUT2D eigenvalue weighted by Gasteiger charge is -2.22. The number of aromatic nitrogens is 1. The van der Waals surface area contributed by atoms with Gasteiger partial charge in [-0.3, -0.25) is 4.90 Å². The van der Waals surface area contributed by atoms with Crippen LogP contribution >= 0.6 is 0 Å². The topological polar surface area (TPSA) is 25.4 Å². The number of benzene rings is 1. The number of hydrogen-bond donors (Lipinski definition) is 0. The Balaban J connectivity index is 1.62. The zero-order valence-electron chi connectivity index (χ0n) is 13.4. The largest absolute Gasteiger partial charge is 0.381 e. The van der Waals surface area contributed by atoms with E-state index in [9.17, 15) is 4.39 Å². The zero-order valence-corrected chi connectivity index (χ0v) is 13.4. The summed E-state index contributed by atoms with van der Waals surface area (Å²) in [4.78, 5) is 7.02. The molecule has 0 saturated carbocycles. The molecule has 4 heteroatoms. The Kier molecular flexibility index (Phi) is 4.27. The van der Waals surface area contributed by atoms with Crippen molar-refractivity contribution in [3.63, 3.8) is 0 Å². The summed E-state index contributed by atoms with van der Waals surface area (Å²) in [6.45, 7) is 4.65. The minimum atomic E-state index is -0.189. The second-order valence-electron chi connectivity index (χ2n) is 6.76. The van der Waals surface area contributed by atoms with Crippen LogP contribution in [0.5, 0.6) is 0 Å². The summed E-state index contributed by atoms with van der Waals surface area (Å²) in [5.74, 6) is 0.211. The zero-order chi connectivity index (χ0) is 15.6. The normalized spacial score (nSPS) is 20.4. The first-order valence-corrected chi connectivity index (χ1v) is 8.69. The molecule has 0 N–H and O–H groups in total. The Morgan fingerprint density at radius 2 is 1.91 bits per heavy atom. The second kappa shape index (κ2) is 6.54. The molecule has 3 nitrogen and oxygen atoms in total. The lowest BCUT2D eigenvalue weighted by Crippen LogP contribution is -2.18. The van der Waals surface area contributed by atoms with Gasteiger partial charge in [0, 0.05) is 36.8 Å². The fourth-order valence-corrected chi connectivity index (χ4v) is 3.78. The number of fused-ring (bicyclic) bond motifs is 1. The highest BCUT2D eigenvalue weighted by molar-refractivity contribution is 5.80. The van der Waals surface area contributed by atoms with Crippen molar-refractivity contribution >= 4 is 10.9 Å². The molecule has 1 aromatic carbocycles. The van der Waals surface area contributed by atoms with Crippen LogP contribution in [-0.2, 0) is 11.3 Å². The maximum absolute atomic E-state index is 14.6. The fourth-order valence-electron chi connectivity index (χ4n) is 3.78. The van der Waals surface area contributed by atoms with Crippen molar-refractivity contribution in [3.8, 4) is 0 Å². The molecule has 2 saturated heterocycles. The molecule has 0 bridgehead atoms. The SMILES string of the molecule is Fc1cc(CN2CCCC2)cc2ccc(C3CCOCC3)nc12. The Labute approximate surface area is 136 Å². The maximum atomic E-state index is 14.6. The van der Waals surface area contributed by atoms with Gasteiger partial charge in [-0.15, -0.1) is 0 Å². The van der Waals surface area contributed by atoms with E-state index in [0.29, 0.717) is 11.4 Å². The molecule has 2 aromatic rings. The second-order valence-corrected chi connectivity index (χ2v) is 6.76. The highest BCUT2D eigenvalue weighted by atomic mass is 19.1. The first-order chi connectivity index (χ1) is 11.3. The smallest absolute Gasteiger partial charge is 0.149 e. The van der Waals surface area contributed by atoms with E-state index < -0.39 is 0 Å². The van der Waals surface area contributed by atoms with Gasteiger partial charge in [0.2, 0.25) is 0 Å². The molecule has 2 aliphatic rings. The number of ether oxygens (including phenoxy) is 1. The van der Waals surface area contributed by atoms with Crippen LogP contribution in [0.1, 0.15) is 42.9 Å². The van der Waals surface area contributed by atoms with Crippen LogP contribution in [0.3, 0.4) is 0 Å². The van der Waals surface area contributed by atoms with Gasteiger partial charge in [-0.05, 0) is 62.5 Å². The first kappa shape index (κ1) is 15.0. The minimum absolute atomic E-state index is 0.189. The fraction of sp³-hybridized carbons (Fsp3) is 0.526. The third-order valence-corrected chi connectivity index (χ3v) is 5.07. The quantitative estimate of drug-likeness (QED) is 0.860. The number of pyridine rings is 1. The van der Waals surface area contributed by atoms with E-state index in [0.717, 1.165) is 62.3 Å². The van der Waals surface area contributed by atoms with Crippen LogP contribution in [0.25, 0.3) is 10.9 Å². The van der Waals surface area contributed by atoms with Gasteiger partial charge in [0.15, 0.2) is 0 Å². The van der Waals surface area contributed by atoms with Gasteiger partial charge in [-0.2, -0.15) is 0 Å². The molecule has 0 atom stereocenters. The molecule has 3 heterocycles. The van der Waals surface area contributed by atoms with Crippen molar-refractivity contribution in [1.82, 2.24) is 9.88 Å². The van der Waals surface area contributed by atoms with Gasteiger partial charge in [-0.1, -0.05) is 6.07 Å². The van der Waals surface area contributed by atoms with Crippen molar-refractivity contribution in [2.45, 2.75) is 38.1 Å². The molecule has 2 fully saturated rings. The molecule has 0 unspecified atom stereocenters. The number of hydrogen-bond acceptors (Lipinski definition) is 3. The Morgan fingerprint density at radius 3 is 2.70 bits per heavy atom. The molecule has 0 aliphatic carbocycles. The van der Waals surface area contributed by atoms with Gasteiger partial charge >= 0.3 is 0 Å². The summed E-state index contributed by atoms with van der Waals surface area (Å²) in [6.07, 6.45) is 4.47. The number of likely N-dealkylation sites (tertiary alicyclic amines) is 1. The highest BCUT2D eigenvalue weighted by Gasteiger charge is 2.19. The molecule has 0 radical (unpaired) electrons. The summed E-state index contributed by atoms with van der Waals surface area (Å²) < 4.78 is 20.0. The highest BCUT2D eigenvalue weighted by Crippen LogP contribution is 2.28. The standard InChI is InChI=1S/C19H23FN2O/c20-17-12-14(13-22-7-1-2-8-22)11-16-3-4-18(21-19(16)17)15-5-9-23-10-6-15/h3-4,11-12,15H,1-2,5-10,13H2. The van der Waals surface area contributed by atoms with E-state index in [4.69, 9.17) is 4.74 Å². The van der Waals surface area contributed by atoms with Crippen molar-refractivity contribution in [2.24, 2.45) is 0 Å². The van der Waals surface area contributed by atoms with Crippen LogP contribution in [-0.4, -0.2) is 36.2 Å². The van der Waals surface area contributed by atoms with E-state index in [-0.39, 0.29) is 5.82 Å². The average molecular weight is 314 g/mol. The molecule has 122 valence electrons. The number of halogens is 1. The lowest BCUT2D eigenvalue weighted by molar-refractivity contribution is 0.0845. The Morgan fingerprint density at radius 1 is 1.13 bits per heavy atom. The van der Waals surface area contributed by atoms with E-state index in [1.54, 1.807) is 6.07 Å². The third kappa shape index (κ3) is 3.24. The minimum Gasteiger partial charge on any atom is -0.381 e. The first-order valence-electron chi connectivity index (χ1n) is 8.69. The van der Waals surface area contributed by atoms with Crippen molar-refractivity contribution in [3.05, 3.63) is 41.3 Å². The summed E-state index contributed by atoms with van der Waals surface area (Å²) in [6, 6.07) is 7.86. The van der Waals surface area contributed by atoms with Gasteiger partial charge < -0.3 is 4.74 Å². The van der Waals surface area contributed by atoms with E-state index in [1.165, 1.54) is 12.8 Å². The summed E-state index contributed by atoms with van der Waals surface area (Å²) in [5, 5.41) is 0.912. The van der Waals surface area contributed by atoms with E-state index in [1.807, 2.05) is 6.07 Å². The van der Waals surface area contributed by atoms with Crippen LogP contribution < -0.4 is 0 Å². The van der Waals surface area contributed by atoms with Gasteiger partial charge in [-0.25, -0.2) is 9.37 Å². The van der Waals surface area contributed by atoms with Crippen LogP contribution in [0.4, 0.5) is 4.39 Å².